The summed E-state index contributed by atoms with van der Waals surface area (Å²) in [5, 5.41) is 0. The Kier molecular flexibility index (Phi) is 11.1. The third-order valence-corrected chi connectivity index (χ3v) is 13.4. The van der Waals surface area contributed by atoms with Gasteiger partial charge in [-0.05, 0) is 79.1 Å². The molecule has 6 aliphatic rings. The van der Waals surface area contributed by atoms with Gasteiger partial charge >= 0.3 is 89.5 Å². The minimum atomic E-state index is 0.177. The standard InChI is InChI=1S/C21H25.C18H25.C11H14.Zr/c1-20(2,3)16-9-7-14-11-15-8-10-17(21(4,5)6)13-19(15)18(14)12-16;1-12-3-13(2)17(4-12)11-18-8-14-5-15(9-18)7-16(6-14)10-18;1-9-5-7-10(8-6-9)11(2,3)4;/h7,9-10,12-13H,11H2,1-6H3;4,12,14-16H,5-11H2,1-2H3;1,5-8H,2-4H3;/q2*-1;;+2. The van der Waals surface area contributed by atoms with Crippen LogP contribution in [0.5, 0.6) is 0 Å². The molecule has 4 fully saturated rings. The van der Waals surface area contributed by atoms with Crippen molar-refractivity contribution in [1.29, 1.82) is 0 Å². The smallest absolute Gasteiger partial charge is 0.0402 e. The van der Waals surface area contributed by atoms with E-state index in [-0.39, 0.29) is 16.2 Å². The van der Waals surface area contributed by atoms with Gasteiger partial charge in [-0.15, -0.1) is 5.56 Å². The van der Waals surface area contributed by atoms with Crippen molar-refractivity contribution in [3.05, 3.63) is 117 Å². The molecule has 1 atom stereocenters. The minimum absolute atomic E-state index is 0.177. The SMILES string of the molecule is CC(C)(C)c1c[c-]c2c(c1)-c1cc(C(C)(C)C)ccc1C2.CC(C)(C)c1ccc([CH]=[Zr+2])cc1.CC1=[C-]C(C)C=C1CC12CC3CC(CC(C3)C1)C2. The molecule has 1 unspecified atom stereocenters. The van der Waals surface area contributed by atoms with E-state index >= 15 is 0 Å². The molecular weight excluding hydrogens is 692 g/mol. The van der Waals surface area contributed by atoms with Gasteiger partial charge in [-0.1, -0.05) is 102 Å². The van der Waals surface area contributed by atoms with Crippen LogP contribution >= 0.6 is 0 Å². The minimum Gasteiger partial charge on any atom is -0.266 e. The van der Waals surface area contributed by atoms with Crippen molar-refractivity contribution in [2.24, 2.45) is 29.1 Å². The third kappa shape index (κ3) is 9.00. The molecule has 0 heterocycles. The first-order valence-electron chi connectivity index (χ1n) is 19.9. The molecule has 3 aromatic rings. The number of benzene rings is 3. The van der Waals surface area contributed by atoms with Gasteiger partial charge in [0.05, 0.1) is 0 Å². The molecule has 0 radical (unpaired) electrons. The molecule has 4 saturated carbocycles. The second-order valence-corrected chi connectivity index (χ2v) is 20.9. The summed E-state index contributed by atoms with van der Waals surface area (Å²) in [5.74, 6) is 3.82. The Morgan fingerprint density at radius 2 is 1.25 bits per heavy atom. The van der Waals surface area contributed by atoms with E-state index in [4.69, 9.17) is 0 Å². The Morgan fingerprint density at radius 3 is 1.75 bits per heavy atom. The Labute approximate surface area is 327 Å². The normalized spacial score (nSPS) is 25.9. The van der Waals surface area contributed by atoms with Crippen molar-refractivity contribution in [2.75, 3.05) is 0 Å². The van der Waals surface area contributed by atoms with E-state index in [1.54, 1.807) is 44.1 Å². The number of rotatable bonds is 3. The summed E-state index contributed by atoms with van der Waals surface area (Å²) in [6, 6.07) is 23.9. The summed E-state index contributed by atoms with van der Waals surface area (Å²) in [6.45, 7) is 24.9. The van der Waals surface area contributed by atoms with Crippen LogP contribution in [0.1, 0.15) is 154 Å². The fourth-order valence-corrected chi connectivity index (χ4v) is 10.5. The fraction of sp³-hybridized carbons (Fsp3) is 0.540. The average molecular weight is 756 g/mol. The van der Waals surface area contributed by atoms with Crippen LogP contribution in [0.15, 0.2) is 71.8 Å². The summed E-state index contributed by atoms with van der Waals surface area (Å²) < 4.78 is 2.21. The van der Waals surface area contributed by atoms with Gasteiger partial charge in [0, 0.05) is 0 Å². The summed E-state index contributed by atoms with van der Waals surface area (Å²) in [4.78, 5) is 0. The maximum Gasteiger partial charge on any atom is -0.0402 e. The van der Waals surface area contributed by atoms with Crippen LogP contribution in [0.3, 0.4) is 0 Å². The molecule has 3 aromatic carbocycles. The van der Waals surface area contributed by atoms with E-state index in [1.807, 2.05) is 0 Å². The van der Waals surface area contributed by atoms with E-state index in [2.05, 4.69) is 153 Å². The summed E-state index contributed by atoms with van der Waals surface area (Å²) in [6.07, 6.45) is 17.8. The molecule has 9 rings (SSSR count). The molecule has 0 aromatic heterocycles. The Balaban J connectivity index is 0.000000137. The Morgan fingerprint density at radius 1 is 0.725 bits per heavy atom. The third-order valence-electron chi connectivity index (χ3n) is 12.6. The van der Waals surface area contributed by atoms with Gasteiger partial charge in [-0.3, -0.25) is 6.08 Å². The molecule has 0 amide bonds. The van der Waals surface area contributed by atoms with Crippen LogP contribution in [0, 0.1) is 41.2 Å². The van der Waals surface area contributed by atoms with Gasteiger partial charge in [-0.2, -0.15) is 41.0 Å². The summed E-state index contributed by atoms with van der Waals surface area (Å²) >= 11 is 1.46. The van der Waals surface area contributed by atoms with Crippen LogP contribution in [-0.2, 0) is 46.9 Å². The van der Waals surface area contributed by atoms with Crippen LogP contribution in [0.4, 0.5) is 0 Å². The topological polar surface area (TPSA) is 0 Å². The zero-order valence-electron chi connectivity index (χ0n) is 33.8. The summed E-state index contributed by atoms with van der Waals surface area (Å²) in [7, 11) is 0. The van der Waals surface area contributed by atoms with Gasteiger partial charge in [0.15, 0.2) is 0 Å². The van der Waals surface area contributed by atoms with Crippen molar-refractivity contribution in [1.82, 2.24) is 0 Å². The molecule has 0 saturated heterocycles. The molecule has 1 heteroatoms. The molecule has 6 aliphatic carbocycles. The second kappa shape index (κ2) is 14.6. The molecule has 0 spiro atoms. The average Bonchev–Trinajstić information content (AvgIpc) is 3.56. The molecule has 0 aliphatic heterocycles. The molecule has 0 nitrogen and oxygen atoms in total. The van der Waals surface area contributed by atoms with Gasteiger partial charge in [0.1, 0.15) is 0 Å². The van der Waals surface area contributed by atoms with Gasteiger partial charge in [0.2, 0.25) is 0 Å². The number of allylic oxidation sites excluding steroid dienone is 4. The van der Waals surface area contributed by atoms with Gasteiger partial charge in [-0.25, -0.2) is 5.57 Å². The monoisotopic (exact) mass is 754 g/mol. The maximum absolute atomic E-state index is 3.57. The van der Waals surface area contributed by atoms with Gasteiger partial charge in [0.25, 0.3) is 0 Å². The zero-order valence-corrected chi connectivity index (χ0v) is 36.3. The van der Waals surface area contributed by atoms with Crippen molar-refractivity contribution in [3.8, 4) is 11.1 Å². The summed E-state index contributed by atoms with van der Waals surface area (Å²) in [5.41, 5.74) is 15.6. The quantitative estimate of drug-likeness (QED) is 0.183. The first-order chi connectivity index (χ1) is 23.8. The van der Waals surface area contributed by atoms with Crippen molar-refractivity contribution < 1.29 is 24.2 Å². The second-order valence-electron chi connectivity index (χ2n) is 20.2. The van der Waals surface area contributed by atoms with Crippen molar-refractivity contribution in [2.45, 2.75) is 144 Å². The van der Waals surface area contributed by atoms with Crippen LogP contribution in [0.2, 0.25) is 0 Å². The largest absolute Gasteiger partial charge is 0.266 e. The van der Waals surface area contributed by atoms with Crippen LogP contribution in [0.25, 0.3) is 11.1 Å². The predicted octanol–water partition coefficient (Wildman–Crippen LogP) is 13.3. The van der Waals surface area contributed by atoms with E-state index in [0.717, 1.165) is 24.2 Å². The first kappa shape index (κ1) is 38.6. The first-order valence-corrected chi connectivity index (χ1v) is 21.3. The molecule has 51 heavy (non-hydrogen) atoms. The van der Waals surface area contributed by atoms with E-state index in [0.29, 0.717) is 11.3 Å². The van der Waals surface area contributed by atoms with Crippen molar-refractivity contribution >= 4 is 3.71 Å². The molecule has 4 bridgehead atoms. The number of fused-ring (bicyclic) bond motifs is 3. The fourth-order valence-electron chi connectivity index (χ4n) is 10.1. The molecule has 0 N–H and O–H groups in total. The molecule has 268 valence electrons. The van der Waals surface area contributed by atoms with Gasteiger partial charge < -0.3 is 0 Å². The van der Waals surface area contributed by atoms with Crippen molar-refractivity contribution in [3.63, 3.8) is 0 Å². The van der Waals surface area contributed by atoms with E-state index in [1.165, 1.54) is 80.7 Å². The number of hydrogen-bond donors (Lipinski definition) is 0. The Bertz CT molecular complexity index is 1690. The number of hydrogen-bond acceptors (Lipinski definition) is 0. The predicted molar refractivity (Wildman–Crippen MR) is 216 cm³/mol. The zero-order chi connectivity index (χ0) is 36.9. The van der Waals surface area contributed by atoms with Crippen LogP contribution in [-0.4, -0.2) is 3.71 Å². The van der Waals surface area contributed by atoms with E-state index in [9.17, 15) is 0 Å². The van der Waals surface area contributed by atoms with E-state index < -0.39 is 0 Å². The van der Waals surface area contributed by atoms with Crippen LogP contribution < -0.4 is 0 Å². The Hall–Kier alpha value is -2.11. The molecular formula is C50H64Zr. The maximum atomic E-state index is 3.57.